The van der Waals surface area contributed by atoms with Crippen LogP contribution >= 0.6 is 11.8 Å². The molecule has 0 aromatic carbocycles. The fraction of sp³-hybridized carbons (Fsp3) is 0.923. The summed E-state index contributed by atoms with van der Waals surface area (Å²) in [6.07, 6.45) is 6.70. The molecule has 1 aliphatic rings. The molecule has 2 heteroatoms. The van der Waals surface area contributed by atoms with Gasteiger partial charge in [0.25, 0.3) is 0 Å². The van der Waals surface area contributed by atoms with Gasteiger partial charge in [-0.15, -0.1) is 11.8 Å². The van der Waals surface area contributed by atoms with Gasteiger partial charge in [-0.25, -0.2) is 0 Å². The Morgan fingerprint density at radius 3 is 2.33 bits per heavy atom. The average molecular weight is 227 g/mol. The van der Waals surface area contributed by atoms with Gasteiger partial charge in [0.05, 0.1) is 10.6 Å². The van der Waals surface area contributed by atoms with Crippen LogP contribution in [0.5, 0.6) is 0 Å². The maximum Gasteiger partial charge on any atom is 0.0708 e. The minimum absolute atomic E-state index is 0.250. The first-order valence-corrected chi connectivity index (χ1v) is 7.28. The molecule has 0 spiro atoms. The lowest BCUT2D eigenvalue weighted by molar-refractivity contribution is 0.325. The summed E-state index contributed by atoms with van der Waals surface area (Å²) in [4.78, 5) is 5.04. The van der Waals surface area contributed by atoms with Crippen molar-refractivity contribution in [3.63, 3.8) is 0 Å². The SMILES string of the molecule is CCS/C(=N/C1(C)CCCCC1)C(C)C. The topological polar surface area (TPSA) is 12.4 Å². The van der Waals surface area contributed by atoms with E-state index in [-0.39, 0.29) is 5.54 Å². The Balaban J connectivity index is 2.70. The Morgan fingerprint density at radius 2 is 1.87 bits per heavy atom. The molecule has 1 fully saturated rings. The van der Waals surface area contributed by atoms with Crippen LogP contribution < -0.4 is 0 Å². The molecule has 0 aromatic heterocycles. The van der Waals surface area contributed by atoms with Crippen molar-refractivity contribution >= 4 is 16.8 Å². The van der Waals surface area contributed by atoms with E-state index in [1.807, 2.05) is 11.8 Å². The zero-order valence-corrected chi connectivity index (χ0v) is 11.5. The van der Waals surface area contributed by atoms with Crippen molar-refractivity contribution in [2.75, 3.05) is 5.75 Å². The van der Waals surface area contributed by atoms with Crippen molar-refractivity contribution in [3.05, 3.63) is 0 Å². The Bertz CT molecular complexity index is 215. The molecule has 1 saturated carbocycles. The lowest BCUT2D eigenvalue weighted by Crippen LogP contribution is -2.27. The molecule has 0 saturated heterocycles. The molecular weight excluding hydrogens is 202 g/mol. The second-order valence-electron chi connectivity index (χ2n) is 5.10. The van der Waals surface area contributed by atoms with E-state index in [9.17, 15) is 0 Å². The number of aliphatic imine (C=N–C) groups is 1. The molecule has 1 aliphatic carbocycles. The van der Waals surface area contributed by atoms with E-state index >= 15 is 0 Å². The third-order valence-electron chi connectivity index (χ3n) is 3.10. The summed E-state index contributed by atoms with van der Waals surface area (Å²) in [6, 6.07) is 0. The Morgan fingerprint density at radius 1 is 1.27 bits per heavy atom. The van der Waals surface area contributed by atoms with Crippen molar-refractivity contribution in [1.29, 1.82) is 0 Å². The van der Waals surface area contributed by atoms with Crippen molar-refractivity contribution < 1.29 is 0 Å². The summed E-state index contributed by atoms with van der Waals surface area (Å²) in [6.45, 7) is 9.07. The molecule has 0 N–H and O–H groups in total. The predicted octanol–water partition coefficient (Wildman–Crippen LogP) is 4.52. The van der Waals surface area contributed by atoms with E-state index in [4.69, 9.17) is 4.99 Å². The standard InChI is InChI=1S/C13H25NS/c1-5-15-12(11(2)3)14-13(4)9-7-6-8-10-13/h11H,5-10H2,1-4H3/b14-12+. The third kappa shape index (κ3) is 4.18. The van der Waals surface area contributed by atoms with Crippen LogP contribution in [0.3, 0.4) is 0 Å². The van der Waals surface area contributed by atoms with Crippen LogP contribution in [0.2, 0.25) is 0 Å². The summed E-state index contributed by atoms with van der Waals surface area (Å²) in [5.74, 6) is 1.74. The smallest absolute Gasteiger partial charge is 0.0708 e. The first kappa shape index (κ1) is 13.1. The van der Waals surface area contributed by atoms with Crippen molar-refractivity contribution in [1.82, 2.24) is 0 Å². The van der Waals surface area contributed by atoms with Gasteiger partial charge in [-0.3, -0.25) is 4.99 Å². The van der Waals surface area contributed by atoms with E-state index in [0.29, 0.717) is 5.92 Å². The van der Waals surface area contributed by atoms with Crippen LogP contribution in [0.25, 0.3) is 0 Å². The summed E-state index contributed by atoms with van der Waals surface area (Å²) >= 11 is 1.93. The monoisotopic (exact) mass is 227 g/mol. The molecule has 0 heterocycles. The Hall–Kier alpha value is 0.0200. The van der Waals surface area contributed by atoms with Gasteiger partial charge in [-0.2, -0.15) is 0 Å². The minimum atomic E-state index is 0.250. The molecule has 0 unspecified atom stereocenters. The maximum absolute atomic E-state index is 5.04. The highest BCUT2D eigenvalue weighted by Crippen LogP contribution is 2.33. The van der Waals surface area contributed by atoms with E-state index in [1.165, 1.54) is 37.1 Å². The molecule has 0 aliphatic heterocycles. The first-order chi connectivity index (χ1) is 7.07. The normalized spacial score (nSPS) is 22.1. The molecular formula is C13H25NS. The van der Waals surface area contributed by atoms with Crippen LogP contribution in [0, 0.1) is 5.92 Å². The minimum Gasteiger partial charge on any atom is -0.276 e. The number of nitrogens with zero attached hydrogens (tertiary/aromatic N) is 1. The lowest BCUT2D eigenvalue weighted by Gasteiger charge is -2.31. The molecule has 1 rings (SSSR count). The van der Waals surface area contributed by atoms with Gasteiger partial charge in [0.2, 0.25) is 0 Å². The van der Waals surface area contributed by atoms with Gasteiger partial charge in [0, 0.05) is 5.92 Å². The Kier molecular flexibility index (Phi) is 5.17. The van der Waals surface area contributed by atoms with Crippen LogP contribution in [0.1, 0.15) is 59.8 Å². The summed E-state index contributed by atoms with van der Waals surface area (Å²) in [7, 11) is 0. The quantitative estimate of drug-likeness (QED) is 0.510. The molecule has 0 atom stereocenters. The van der Waals surface area contributed by atoms with Gasteiger partial charge in [0.1, 0.15) is 0 Å². The Labute approximate surface area is 99.1 Å². The second-order valence-corrected chi connectivity index (χ2v) is 6.38. The highest BCUT2D eigenvalue weighted by molar-refractivity contribution is 8.13. The maximum atomic E-state index is 5.04. The van der Waals surface area contributed by atoms with Gasteiger partial charge < -0.3 is 0 Å². The number of hydrogen-bond donors (Lipinski definition) is 0. The molecule has 0 aromatic rings. The van der Waals surface area contributed by atoms with E-state index < -0.39 is 0 Å². The molecule has 88 valence electrons. The largest absolute Gasteiger partial charge is 0.276 e. The average Bonchev–Trinajstić information content (AvgIpc) is 2.18. The van der Waals surface area contributed by atoms with Gasteiger partial charge in [0.15, 0.2) is 0 Å². The fourth-order valence-electron chi connectivity index (χ4n) is 2.17. The number of hydrogen-bond acceptors (Lipinski definition) is 2. The predicted molar refractivity (Wildman–Crippen MR) is 71.9 cm³/mol. The number of rotatable bonds is 3. The molecule has 0 amide bonds. The van der Waals surface area contributed by atoms with Crippen molar-refractivity contribution in [2.24, 2.45) is 10.9 Å². The zero-order chi connectivity index (χ0) is 11.3. The third-order valence-corrected chi connectivity index (χ3v) is 4.24. The second kappa shape index (κ2) is 5.93. The van der Waals surface area contributed by atoms with Crippen molar-refractivity contribution in [2.45, 2.75) is 65.3 Å². The molecule has 0 radical (unpaired) electrons. The van der Waals surface area contributed by atoms with E-state index in [1.54, 1.807) is 0 Å². The van der Waals surface area contributed by atoms with Crippen LogP contribution in [0.15, 0.2) is 4.99 Å². The summed E-state index contributed by atoms with van der Waals surface area (Å²) in [5.41, 5.74) is 0.250. The molecule has 1 nitrogen and oxygen atoms in total. The van der Waals surface area contributed by atoms with Gasteiger partial charge >= 0.3 is 0 Å². The lowest BCUT2D eigenvalue weighted by atomic mass is 9.84. The number of thioether (sulfide) groups is 1. The van der Waals surface area contributed by atoms with Crippen LogP contribution in [-0.4, -0.2) is 16.3 Å². The van der Waals surface area contributed by atoms with Gasteiger partial charge in [-0.1, -0.05) is 40.0 Å². The van der Waals surface area contributed by atoms with Crippen molar-refractivity contribution in [3.8, 4) is 0 Å². The van der Waals surface area contributed by atoms with Crippen LogP contribution in [-0.2, 0) is 0 Å². The molecule has 0 bridgehead atoms. The highest BCUT2D eigenvalue weighted by Gasteiger charge is 2.26. The van der Waals surface area contributed by atoms with E-state index in [0.717, 1.165) is 5.75 Å². The van der Waals surface area contributed by atoms with E-state index in [2.05, 4.69) is 27.7 Å². The highest BCUT2D eigenvalue weighted by atomic mass is 32.2. The summed E-state index contributed by atoms with van der Waals surface area (Å²) < 4.78 is 0. The fourth-order valence-corrected chi connectivity index (χ4v) is 3.08. The summed E-state index contributed by atoms with van der Waals surface area (Å²) in [5, 5.41) is 1.36. The first-order valence-electron chi connectivity index (χ1n) is 6.30. The molecule has 15 heavy (non-hydrogen) atoms. The van der Waals surface area contributed by atoms with Gasteiger partial charge in [-0.05, 0) is 25.5 Å². The van der Waals surface area contributed by atoms with Crippen LogP contribution in [0.4, 0.5) is 0 Å². The zero-order valence-electron chi connectivity index (χ0n) is 10.7.